The van der Waals surface area contributed by atoms with Crippen molar-refractivity contribution in [3.63, 3.8) is 0 Å². The summed E-state index contributed by atoms with van der Waals surface area (Å²) in [7, 11) is 0. The molecule has 0 saturated carbocycles. The summed E-state index contributed by atoms with van der Waals surface area (Å²) in [6.07, 6.45) is 4.07. The molecule has 1 aromatic carbocycles. The lowest BCUT2D eigenvalue weighted by atomic mass is 10.3. The molecule has 136 valence electrons. The molecule has 0 radical (unpaired) electrons. The molecule has 26 heavy (non-hydrogen) atoms. The topological polar surface area (TPSA) is 69.3 Å². The maximum absolute atomic E-state index is 12.1. The van der Waals surface area contributed by atoms with Gasteiger partial charge in [0.25, 0.3) is 5.91 Å². The number of hydrogen-bond donors (Lipinski definition) is 1. The first kappa shape index (κ1) is 18.5. The quantitative estimate of drug-likeness (QED) is 0.533. The number of benzene rings is 1. The van der Waals surface area contributed by atoms with Crippen LogP contribution >= 0.6 is 27.5 Å². The van der Waals surface area contributed by atoms with Crippen LogP contribution in [0, 0.1) is 0 Å². The molecule has 2 heterocycles. The van der Waals surface area contributed by atoms with E-state index in [2.05, 4.69) is 26.3 Å². The number of nitrogens with one attached hydrogen (secondary N) is 1. The highest BCUT2D eigenvalue weighted by Gasteiger charge is 2.11. The fourth-order valence-corrected chi connectivity index (χ4v) is 2.67. The van der Waals surface area contributed by atoms with Crippen molar-refractivity contribution in [2.24, 2.45) is 0 Å². The van der Waals surface area contributed by atoms with Crippen LogP contribution in [0.5, 0.6) is 5.75 Å². The van der Waals surface area contributed by atoms with Crippen molar-refractivity contribution in [3.05, 3.63) is 69.8 Å². The van der Waals surface area contributed by atoms with Crippen LogP contribution in [0.15, 0.2) is 57.7 Å². The Bertz CT molecular complexity index is 861. The first-order valence-corrected chi connectivity index (χ1v) is 9.20. The largest absolute Gasteiger partial charge is 0.486 e. The number of carbonyl (C=O) groups is 1. The molecule has 0 spiro atoms. The smallest absolute Gasteiger partial charge is 0.286 e. The Labute approximate surface area is 164 Å². The zero-order chi connectivity index (χ0) is 18.4. The third-order valence-corrected chi connectivity index (χ3v) is 4.26. The molecule has 8 heteroatoms. The van der Waals surface area contributed by atoms with E-state index < -0.39 is 0 Å². The van der Waals surface area contributed by atoms with Gasteiger partial charge in [0, 0.05) is 23.8 Å². The first-order valence-electron chi connectivity index (χ1n) is 8.03. The first-order chi connectivity index (χ1) is 12.6. The van der Waals surface area contributed by atoms with Gasteiger partial charge in [-0.05, 0) is 42.8 Å². The van der Waals surface area contributed by atoms with Crippen LogP contribution in [-0.2, 0) is 13.2 Å². The normalized spacial score (nSPS) is 10.7. The van der Waals surface area contributed by atoms with Crippen molar-refractivity contribution in [2.75, 3.05) is 6.54 Å². The van der Waals surface area contributed by atoms with Crippen LogP contribution in [-0.4, -0.2) is 22.2 Å². The molecule has 1 amide bonds. The predicted octanol–water partition coefficient (Wildman–Crippen LogP) is 4.29. The minimum absolute atomic E-state index is 0.251. The van der Waals surface area contributed by atoms with E-state index in [9.17, 15) is 4.79 Å². The molecule has 0 atom stereocenters. The third-order valence-electron chi connectivity index (χ3n) is 3.53. The van der Waals surface area contributed by atoms with Gasteiger partial charge in [-0.25, -0.2) is 0 Å². The molecule has 3 aromatic rings. The summed E-state index contributed by atoms with van der Waals surface area (Å²) in [5.41, 5.74) is 0. The SMILES string of the molecule is O=C(NCCCn1cc(Cl)cn1)c1ccc(COc2ccc(Br)cc2)o1. The van der Waals surface area contributed by atoms with Crippen LogP contribution in [0.2, 0.25) is 5.02 Å². The van der Waals surface area contributed by atoms with Crippen LogP contribution in [0.4, 0.5) is 0 Å². The second-order valence-corrected chi connectivity index (χ2v) is 6.89. The Hall–Kier alpha value is -2.25. The summed E-state index contributed by atoms with van der Waals surface area (Å²) in [5, 5.41) is 7.50. The van der Waals surface area contributed by atoms with Crippen molar-refractivity contribution in [1.82, 2.24) is 15.1 Å². The molecule has 3 rings (SSSR count). The van der Waals surface area contributed by atoms with Gasteiger partial charge in [0.2, 0.25) is 0 Å². The molecule has 0 aliphatic carbocycles. The van der Waals surface area contributed by atoms with E-state index in [0.717, 1.165) is 16.6 Å². The minimum atomic E-state index is -0.251. The number of nitrogens with zero attached hydrogens (tertiary/aromatic N) is 2. The summed E-state index contributed by atoms with van der Waals surface area (Å²) in [5.74, 6) is 1.33. The van der Waals surface area contributed by atoms with Crippen molar-refractivity contribution in [3.8, 4) is 5.75 Å². The molecule has 2 aromatic heterocycles. The number of aryl methyl sites for hydroxylation is 1. The molecular formula is C18H17BrClN3O3. The predicted molar refractivity (Wildman–Crippen MR) is 101 cm³/mol. The number of rotatable bonds is 8. The minimum Gasteiger partial charge on any atom is -0.486 e. The number of halogens is 2. The maximum atomic E-state index is 12.1. The average Bonchev–Trinajstić information content (AvgIpc) is 3.27. The second kappa shape index (κ2) is 8.91. The van der Waals surface area contributed by atoms with E-state index >= 15 is 0 Å². The fourth-order valence-electron chi connectivity index (χ4n) is 2.25. The van der Waals surface area contributed by atoms with Crippen LogP contribution in [0.3, 0.4) is 0 Å². The number of furan rings is 1. The summed E-state index contributed by atoms with van der Waals surface area (Å²) >= 11 is 9.17. The number of ether oxygens (including phenoxy) is 1. The van der Waals surface area contributed by atoms with Gasteiger partial charge in [-0.1, -0.05) is 27.5 Å². The van der Waals surface area contributed by atoms with Gasteiger partial charge in [-0.2, -0.15) is 5.10 Å². The van der Waals surface area contributed by atoms with E-state index in [1.807, 2.05) is 24.3 Å². The molecule has 0 bridgehead atoms. The maximum Gasteiger partial charge on any atom is 0.286 e. The molecule has 1 N–H and O–H groups in total. The fraction of sp³-hybridized carbons (Fsp3) is 0.222. The molecule has 6 nitrogen and oxygen atoms in total. The highest BCUT2D eigenvalue weighted by atomic mass is 79.9. The van der Waals surface area contributed by atoms with Gasteiger partial charge in [-0.15, -0.1) is 0 Å². The van der Waals surface area contributed by atoms with E-state index in [0.29, 0.717) is 23.9 Å². The van der Waals surface area contributed by atoms with E-state index in [4.69, 9.17) is 20.8 Å². The van der Waals surface area contributed by atoms with Crippen molar-refractivity contribution in [2.45, 2.75) is 19.6 Å². The van der Waals surface area contributed by atoms with Gasteiger partial charge < -0.3 is 14.5 Å². The van der Waals surface area contributed by atoms with Gasteiger partial charge in [0.05, 0.1) is 11.2 Å². The van der Waals surface area contributed by atoms with Crippen molar-refractivity contribution < 1.29 is 13.9 Å². The molecule has 0 unspecified atom stereocenters. The van der Waals surface area contributed by atoms with Crippen molar-refractivity contribution >= 4 is 33.4 Å². The summed E-state index contributed by atoms with van der Waals surface area (Å²) < 4.78 is 13.9. The molecular weight excluding hydrogens is 422 g/mol. The number of amides is 1. The van der Waals surface area contributed by atoms with E-state index in [-0.39, 0.29) is 18.3 Å². The standard InChI is InChI=1S/C18H17BrClN3O3/c19-13-2-4-15(5-3-13)25-12-16-6-7-17(26-16)18(24)21-8-1-9-23-11-14(20)10-22-23/h2-7,10-11H,1,8-9,12H2,(H,21,24). The number of hydrogen-bond acceptors (Lipinski definition) is 4. The van der Waals surface area contributed by atoms with Crippen LogP contribution in [0.1, 0.15) is 22.7 Å². The lowest BCUT2D eigenvalue weighted by Crippen LogP contribution is -2.24. The second-order valence-electron chi connectivity index (χ2n) is 5.54. The lowest BCUT2D eigenvalue weighted by molar-refractivity contribution is 0.0921. The summed E-state index contributed by atoms with van der Waals surface area (Å²) in [4.78, 5) is 12.1. The van der Waals surface area contributed by atoms with Crippen LogP contribution < -0.4 is 10.1 Å². The highest BCUT2D eigenvalue weighted by molar-refractivity contribution is 9.10. The van der Waals surface area contributed by atoms with Crippen LogP contribution in [0.25, 0.3) is 0 Å². The average molecular weight is 439 g/mol. The Morgan fingerprint density at radius 3 is 2.81 bits per heavy atom. The molecule has 0 aliphatic rings. The van der Waals surface area contributed by atoms with E-state index in [1.165, 1.54) is 0 Å². The number of aromatic nitrogens is 2. The Morgan fingerprint density at radius 2 is 2.08 bits per heavy atom. The van der Waals surface area contributed by atoms with Crippen molar-refractivity contribution in [1.29, 1.82) is 0 Å². The van der Waals surface area contributed by atoms with E-state index in [1.54, 1.807) is 29.2 Å². The molecule has 0 saturated heterocycles. The zero-order valence-corrected chi connectivity index (χ0v) is 16.2. The summed E-state index contributed by atoms with van der Waals surface area (Å²) in [6.45, 7) is 1.45. The highest BCUT2D eigenvalue weighted by Crippen LogP contribution is 2.18. The zero-order valence-electron chi connectivity index (χ0n) is 13.8. The monoisotopic (exact) mass is 437 g/mol. The summed E-state index contributed by atoms with van der Waals surface area (Å²) in [6, 6.07) is 10.9. The Kier molecular flexibility index (Phi) is 6.35. The van der Waals surface area contributed by atoms with Gasteiger partial charge in [0.1, 0.15) is 18.1 Å². The molecule has 0 fully saturated rings. The Morgan fingerprint density at radius 1 is 1.27 bits per heavy atom. The molecule has 0 aliphatic heterocycles. The van der Waals surface area contributed by atoms with Gasteiger partial charge in [-0.3, -0.25) is 9.48 Å². The third kappa shape index (κ3) is 5.37. The lowest BCUT2D eigenvalue weighted by Gasteiger charge is -2.05. The Balaban J connectivity index is 1.41. The van der Waals surface area contributed by atoms with Gasteiger partial charge in [0.15, 0.2) is 5.76 Å². The number of carbonyl (C=O) groups excluding carboxylic acids is 1. The van der Waals surface area contributed by atoms with Gasteiger partial charge >= 0.3 is 0 Å².